The third kappa shape index (κ3) is 4.16. The van der Waals surface area contributed by atoms with Crippen molar-refractivity contribution in [2.45, 2.75) is 38.1 Å². The second kappa shape index (κ2) is 7.50. The summed E-state index contributed by atoms with van der Waals surface area (Å²) in [5.74, 6) is -3.90. The highest BCUT2D eigenvalue weighted by Gasteiger charge is 2.36. The van der Waals surface area contributed by atoms with Crippen molar-refractivity contribution in [3.05, 3.63) is 58.7 Å². The third-order valence-corrected chi connectivity index (χ3v) is 4.67. The van der Waals surface area contributed by atoms with Gasteiger partial charge < -0.3 is 15.2 Å². The Morgan fingerprint density at radius 2 is 1.75 bits per heavy atom. The topological polar surface area (TPSA) is 51.3 Å². The summed E-state index contributed by atoms with van der Waals surface area (Å²) >= 11 is 0. The molecule has 1 aromatic heterocycles. The molecule has 0 unspecified atom stereocenters. The Bertz CT molecular complexity index is 892. The first-order valence-corrected chi connectivity index (χ1v) is 8.48. The van der Waals surface area contributed by atoms with E-state index in [1.807, 2.05) is 0 Å². The number of amides is 1. The molecule has 1 amide bonds. The fourth-order valence-corrected chi connectivity index (χ4v) is 3.30. The van der Waals surface area contributed by atoms with Gasteiger partial charge in [0.05, 0.1) is 6.54 Å². The summed E-state index contributed by atoms with van der Waals surface area (Å²) in [4.78, 5) is 13.8. The van der Waals surface area contributed by atoms with E-state index in [1.54, 1.807) is 0 Å². The van der Waals surface area contributed by atoms with Gasteiger partial charge in [-0.2, -0.15) is 13.2 Å². The number of nitrogens with zero attached hydrogens (tertiary/aromatic N) is 2. The molecule has 28 heavy (non-hydrogen) atoms. The molecule has 1 atom stereocenters. The van der Waals surface area contributed by atoms with E-state index < -0.39 is 41.3 Å². The summed E-state index contributed by atoms with van der Waals surface area (Å²) in [7, 11) is 0. The number of hydrogen-bond acceptors (Lipinski definition) is 2. The Labute approximate surface area is 156 Å². The molecule has 152 valence electrons. The zero-order valence-corrected chi connectivity index (χ0v) is 14.6. The Hall–Kier alpha value is -2.49. The average molecular weight is 405 g/mol. The first-order valence-electron chi connectivity index (χ1n) is 8.48. The molecule has 0 aliphatic carbocycles. The quantitative estimate of drug-likeness (QED) is 0.627. The van der Waals surface area contributed by atoms with Crippen molar-refractivity contribution >= 4 is 5.91 Å². The zero-order chi connectivity index (χ0) is 20.6. The van der Waals surface area contributed by atoms with Crippen LogP contribution in [0, 0.1) is 17.5 Å². The summed E-state index contributed by atoms with van der Waals surface area (Å²) in [6.07, 6.45) is -4.86. The Balaban J connectivity index is 1.63. The molecule has 4 nitrogen and oxygen atoms in total. The van der Waals surface area contributed by atoms with Crippen molar-refractivity contribution < 1.29 is 31.1 Å². The summed E-state index contributed by atoms with van der Waals surface area (Å²) < 4.78 is 79.8. The van der Waals surface area contributed by atoms with Crippen molar-refractivity contribution in [1.29, 1.82) is 0 Å². The van der Waals surface area contributed by atoms with Gasteiger partial charge in [-0.05, 0) is 30.2 Å². The maximum absolute atomic E-state index is 13.7. The van der Waals surface area contributed by atoms with Gasteiger partial charge in [-0.3, -0.25) is 4.79 Å². The van der Waals surface area contributed by atoms with E-state index in [2.05, 4.69) is 0 Å². The number of carbonyl (C=O) groups excluding carboxylic acids is 1. The largest absolute Gasteiger partial charge is 0.431 e. The number of hydrogen-bond donors (Lipinski definition) is 1. The zero-order valence-electron chi connectivity index (χ0n) is 14.6. The van der Waals surface area contributed by atoms with Gasteiger partial charge in [0.2, 0.25) is 5.91 Å². The van der Waals surface area contributed by atoms with Crippen LogP contribution >= 0.6 is 0 Å². The molecular formula is C18H17F6N3O. The molecule has 0 saturated heterocycles. The van der Waals surface area contributed by atoms with Gasteiger partial charge in [-0.15, -0.1) is 0 Å². The van der Waals surface area contributed by atoms with E-state index in [1.165, 1.54) is 11.0 Å². The molecule has 0 bridgehead atoms. The maximum atomic E-state index is 13.7. The van der Waals surface area contributed by atoms with E-state index in [9.17, 15) is 31.1 Å². The molecule has 1 aliphatic rings. The van der Waals surface area contributed by atoms with Crippen LogP contribution in [-0.4, -0.2) is 28.0 Å². The van der Waals surface area contributed by atoms with Gasteiger partial charge in [0.25, 0.3) is 0 Å². The molecule has 0 fully saturated rings. The number of carbonyl (C=O) groups is 1. The van der Waals surface area contributed by atoms with Crippen molar-refractivity contribution in [2.24, 2.45) is 5.73 Å². The van der Waals surface area contributed by atoms with Crippen molar-refractivity contribution in [2.75, 3.05) is 6.54 Å². The lowest BCUT2D eigenvalue weighted by Gasteiger charge is -2.30. The summed E-state index contributed by atoms with van der Waals surface area (Å²) in [6, 6.07) is 2.54. The highest BCUT2D eigenvalue weighted by atomic mass is 19.4. The second-order valence-corrected chi connectivity index (χ2v) is 6.70. The molecule has 0 radical (unpaired) electrons. The number of fused-ring (bicyclic) bond motifs is 1. The number of halogens is 6. The van der Waals surface area contributed by atoms with E-state index in [0.29, 0.717) is 17.8 Å². The minimum atomic E-state index is -4.47. The molecule has 0 saturated carbocycles. The number of alkyl halides is 3. The molecule has 2 aromatic rings. The van der Waals surface area contributed by atoms with Crippen molar-refractivity contribution in [3.8, 4) is 0 Å². The number of nitrogens with two attached hydrogens (primary N) is 1. The number of benzene rings is 1. The highest BCUT2D eigenvalue weighted by molar-refractivity contribution is 5.77. The van der Waals surface area contributed by atoms with Crippen LogP contribution in [0.2, 0.25) is 0 Å². The van der Waals surface area contributed by atoms with Crippen LogP contribution < -0.4 is 5.73 Å². The lowest BCUT2D eigenvalue weighted by molar-refractivity contribution is -0.144. The van der Waals surface area contributed by atoms with E-state index in [0.717, 1.165) is 10.6 Å². The van der Waals surface area contributed by atoms with Crippen molar-refractivity contribution in [3.63, 3.8) is 0 Å². The van der Waals surface area contributed by atoms with Crippen LogP contribution in [0.4, 0.5) is 26.3 Å². The summed E-state index contributed by atoms with van der Waals surface area (Å²) in [5, 5.41) is 0. The van der Waals surface area contributed by atoms with Gasteiger partial charge >= 0.3 is 6.18 Å². The standard InChI is InChI=1S/C18H17F6N3O/c19-13-8-15(21)14(20)6-10(13)5-11(25)7-17(28)26-3-4-27-12(9-26)1-2-16(27)18(22,23)24/h1-2,6,8,11H,3-5,7,9,25H2/t11-/m1/s1. The molecular weight excluding hydrogens is 388 g/mol. The van der Waals surface area contributed by atoms with E-state index >= 15 is 0 Å². The molecule has 2 N–H and O–H groups in total. The molecule has 2 heterocycles. The molecule has 10 heteroatoms. The Kier molecular flexibility index (Phi) is 5.42. The predicted octanol–water partition coefficient (Wildman–Crippen LogP) is 3.23. The lowest BCUT2D eigenvalue weighted by Crippen LogP contribution is -2.41. The third-order valence-electron chi connectivity index (χ3n) is 4.67. The molecule has 1 aromatic carbocycles. The summed E-state index contributed by atoms with van der Waals surface area (Å²) in [5.41, 5.74) is 5.28. The fourth-order valence-electron chi connectivity index (χ4n) is 3.30. The molecule has 1 aliphatic heterocycles. The van der Waals surface area contributed by atoms with Gasteiger partial charge in [0, 0.05) is 37.3 Å². The van der Waals surface area contributed by atoms with E-state index in [4.69, 9.17) is 5.73 Å². The number of rotatable bonds is 4. The SMILES string of the molecule is N[C@@H](CC(=O)N1CCn2c(ccc2C(F)(F)F)C1)Cc1cc(F)c(F)cc1F. The van der Waals surface area contributed by atoms with Crippen LogP contribution in [0.25, 0.3) is 0 Å². The summed E-state index contributed by atoms with van der Waals surface area (Å²) in [6.45, 7) is 0.0764. The van der Waals surface area contributed by atoms with Gasteiger partial charge in [-0.1, -0.05) is 0 Å². The van der Waals surface area contributed by atoms with Gasteiger partial charge in [-0.25, -0.2) is 13.2 Å². The first-order chi connectivity index (χ1) is 13.1. The van der Waals surface area contributed by atoms with Crippen molar-refractivity contribution in [1.82, 2.24) is 9.47 Å². The van der Waals surface area contributed by atoms with Crippen LogP contribution in [0.3, 0.4) is 0 Å². The Morgan fingerprint density at radius 1 is 1.07 bits per heavy atom. The van der Waals surface area contributed by atoms with Crippen LogP contribution in [0.15, 0.2) is 24.3 Å². The van der Waals surface area contributed by atoms with Crippen LogP contribution in [0.5, 0.6) is 0 Å². The average Bonchev–Trinajstić information content (AvgIpc) is 3.03. The minimum Gasteiger partial charge on any atom is -0.338 e. The van der Waals surface area contributed by atoms with Crippen LogP contribution in [0.1, 0.15) is 23.4 Å². The van der Waals surface area contributed by atoms with Gasteiger partial charge in [0.1, 0.15) is 11.5 Å². The normalized spacial score (nSPS) is 15.5. The van der Waals surface area contributed by atoms with E-state index in [-0.39, 0.29) is 38.0 Å². The number of aromatic nitrogens is 1. The van der Waals surface area contributed by atoms with Gasteiger partial charge in [0.15, 0.2) is 11.6 Å². The molecule has 0 spiro atoms. The fraction of sp³-hybridized carbons (Fsp3) is 0.389. The lowest BCUT2D eigenvalue weighted by atomic mass is 10.0. The molecule has 3 rings (SSSR count). The monoisotopic (exact) mass is 405 g/mol. The first kappa shape index (κ1) is 20.2. The predicted molar refractivity (Wildman–Crippen MR) is 87.5 cm³/mol. The van der Waals surface area contributed by atoms with Crippen LogP contribution in [-0.2, 0) is 30.5 Å². The highest BCUT2D eigenvalue weighted by Crippen LogP contribution is 2.32. The Morgan fingerprint density at radius 3 is 2.43 bits per heavy atom. The smallest absolute Gasteiger partial charge is 0.338 e. The minimum absolute atomic E-state index is 0.00116. The maximum Gasteiger partial charge on any atom is 0.431 e. The second-order valence-electron chi connectivity index (χ2n) is 6.70.